The summed E-state index contributed by atoms with van der Waals surface area (Å²) in [7, 11) is 0. The van der Waals surface area contributed by atoms with Gasteiger partial charge in [0, 0.05) is 36.7 Å². The molecule has 0 saturated carbocycles. The first-order valence-electron chi connectivity index (χ1n) is 10.8. The molecule has 1 atom stereocenters. The molecular formula is C23H35IN4O3. The van der Waals surface area contributed by atoms with Crippen molar-refractivity contribution in [1.82, 2.24) is 15.8 Å². The predicted molar refractivity (Wildman–Crippen MR) is 134 cm³/mol. The number of nitrogens with one attached hydrogen (secondary N) is 2. The summed E-state index contributed by atoms with van der Waals surface area (Å²) in [6, 6.07) is 6.30. The van der Waals surface area contributed by atoms with Gasteiger partial charge in [0.1, 0.15) is 11.5 Å². The molecule has 1 aromatic carbocycles. The number of aryl methyl sites for hydroxylation is 3. The van der Waals surface area contributed by atoms with Crippen LogP contribution < -0.4 is 15.4 Å². The monoisotopic (exact) mass is 542 g/mol. The second kappa shape index (κ2) is 12.9. The summed E-state index contributed by atoms with van der Waals surface area (Å²) in [6.07, 6.45) is 1.91. The Hall–Kier alpha value is -1.81. The number of hydrogen-bond donors (Lipinski definition) is 2. The molecule has 2 aromatic rings. The van der Waals surface area contributed by atoms with Crippen molar-refractivity contribution >= 4 is 29.9 Å². The van der Waals surface area contributed by atoms with Crippen molar-refractivity contribution in [2.75, 3.05) is 32.9 Å². The lowest BCUT2D eigenvalue weighted by Gasteiger charge is -2.15. The Morgan fingerprint density at radius 3 is 2.77 bits per heavy atom. The summed E-state index contributed by atoms with van der Waals surface area (Å²) < 4.78 is 16.8. The Morgan fingerprint density at radius 2 is 2.10 bits per heavy atom. The first-order chi connectivity index (χ1) is 14.6. The normalized spacial score (nSPS) is 16.1. The second-order valence-corrected chi connectivity index (χ2v) is 7.83. The van der Waals surface area contributed by atoms with E-state index in [-0.39, 0.29) is 24.0 Å². The molecular weight excluding hydrogens is 507 g/mol. The van der Waals surface area contributed by atoms with Crippen LogP contribution in [0.25, 0.3) is 0 Å². The van der Waals surface area contributed by atoms with Crippen molar-refractivity contribution in [3.8, 4) is 5.75 Å². The number of benzene rings is 1. The highest BCUT2D eigenvalue weighted by molar-refractivity contribution is 14.0. The molecule has 1 aromatic heterocycles. The summed E-state index contributed by atoms with van der Waals surface area (Å²) in [5.74, 6) is 3.06. The summed E-state index contributed by atoms with van der Waals surface area (Å²) in [6.45, 7) is 12.5. The number of rotatable bonds is 9. The number of hydrogen-bond acceptors (Lipinski definition) is 5. The fourth-order valence-electron chi connectivity index (χ4n) is 3.52. The second-order valence-electron chi connectivity index (χ2n) is 7.83. The summed E-state index contributed by atoms with van der Waals surface area (Å²) in [5, 5.41) is 10.7. The van der Waals surface area contributed by atoms with Gasteiger partial charge >= 0.3 is 0 Å². The van der Waals surface area contributed by atoms with E-state index in [0.29, 0.717) is 19.1 Å². The maximum atomic E-state index is 6.14. The van der Waals surface area contributed by atoms with Crippen LogP contribution in [0.1, 0.15) is 41.5 Å². The molecule has 31 heavy (non-hydrogen) atoms. The molecule has 3 rings (SSSR count). The molecule has 2 N–H and O–H groups in total. The van der Waals surface area contributed by atoms with Gasteiger partial charge < -0.3 is 24.6 Å². The van der Waals surface area contributed by atoms with Gasteiger partial charge in [0.15, 0.2) is 5.96 Å². The fraction of sp³-hybridized carbons (Fsp3) is 0.565. The van der Waals surface area contributed by atoms with Crippen molar-refractivity contribution in [3.05, 3.63) is 46.3 Å². The van der Waals surface area contributed by atoms with Crippen LogP contribution >= 0.6 is 24.0 Å². The maximum Gasteiger partial charge on any atom is 0.191 e. The van der Waals surface area contributed by atoms with Crippen LogP contribution in [-0.2, 0) is 17.7 Å². The molecule has 0 bridgehead atoms. The van der Waals surface area contributed by atoms with E-state index in [1.54, 1.807) is 0 Å². The Morgan fingerprint density at radius 1 is 1.26 bits per heavy atom. The summed E-state index contributed by atoms with van der Waals surface area (Å²) >= 11 is 0. The van der Waals surface area contributed by atoms with Crippen molar-refractivity contribution in [2.24, 2.45) is 10.9 Å². The largest absolute Gasteiger partial charge is 0.493 e. The molecule has 0 amide bonds. The van der Waals surface area contributed by atoms with E-state index in [4.69, 9.17) is 19.0 Å². The average molecular weight is 542 g/mol. The molecule has 172 valence electrons. The lowest BCUT2D eigenvalue weighted by Crippen LogP contribution is -2.38. The third kappa shape index (κ3) is 7.68. The molecule has 1 unspecified atom stereocenters. The van der Waals surface area contributed by atoms with Crippen LogP contribution in [-0.4, -0.2) is 44.0 Å². The van der Waals surface area contributed by atoms with Gasteiger partial charge in [0.05, 0.1) is 25.5 Å². The molecule has 1 aliphatic heterocycles. The van der Waals surface area contributed by atoms with Crippen LogP contribution in [0, 0.1) is 26.7 Å². The lowest BCUT2D eigenvalue weighted by molar-refractivity contribution is 0.166. The van der Waals surface area contributed by atoms with Gasteiger partial charge in [0.2, 0.25) is 0 Å². The van der Waals surface area contributed by atoms with Crippen molar-refractivity contribution < 1.29 is 14.0 Å². The molecule has 2 heterocycles. The molecule has 0 radical (unpaired) electrons. The van der Waals surface area contributed by atoms with Gasteiger partial charge in [-0.25, -0.2) is 4.99 Å². The van der Waals surface area contributed by atoms with Gasteiger partial charge in [-0.3, -0.25) is 0 Å². The fourth-order valence-corrected chi connectivity index (χ4v) is 3.52. The van der Waals surface area contributed by atoms with Crippen molar-refractivity contribution in [2.45, 2.75) is 47.1 Å². The summed E-state index contributed by atoms with van der Waals surface area (Å²) in [4.78, 5) is 4.77. The van der Waals surface area contributed by atoms with E-state index in [2.05, 4.69) is 47.8 Å². The minimum atomic E-state index is 0. The predicted octanol–water partition coefficient (Wildman–Crippen LogP) is 3.93. The van der Waals surface area contributed by atoms with E-state index >= 15 is 0 Å². The minimum Gasteiger partial charge on any atom is -0.493 e. The third-order valence-electron chi connectivity index (χ3n) is 5.32. The highest BCUT2D eigenvalue weighted by Gasteiger charge is 2.17. The number of halogens is 1. The van der Waals surface area contributed by atoms with Crippen molar-refractivity contribution in [1.29, 1.82) is 0 Å². The quantitative estimate of drug-likeness (QED) is 0.284. The number of ether oxygens (including phenoxy) is 2. The van der Waals surface area contributed by atoms with E-state index in [1.165, 1.54) is 5.56 Å². The van der Waals surface area contributed by atoms with Gasteiger partial charge in [-0.05, 0) is 52.2 Å². The Labute approximate surface area is 202 Å². The minimum absolute atomic E-state index is 0. The Bertz CT molecular complexity index is 828. The number of aliphatic imine (C=N–C) groups is 1. The molecule has 8 heteroatoms. The van der Waals surface area contributed by atoms with Crippen LogP contribution in [0.3, 0.4) is 0 Å². The first kappa shape index (κ1) is 25.5. The van der Waals surface area contributed by atoms with E-state index < -0.39 is 0 Å². The smallest absolute Gasteiger partial charge is 0.191 e. The van der Waals surface area contributed by atoms with E-state index in [9.17, 15) is 0 Å². The molecule has 0 spiro atoms. The third-order valence-corrected chi connectivity index (χ3v) is 5.32. The van der Waals surface area contributed by atoms with Gasteiger partial charge in [0.25, 0.3) is 0 Å². The zero-order valence-electron chi connectivity index (χ0n) is 19.0. The maximum absolute atomic E-state index is 6.14. The molecule has 1 saturated heterocycles. The Balaban J connectivity index is 0.00000341. The van der Waals surface area contributed by atoms with E-state index in [1.807, 2.05) is 13.8 Å². The topological polar surface area (TPSA) is 80.9 Å². The van der Waals surface area contributed by atoms with Gasteiger partial charge in [-0.2, -0.15) is 0 Å². The lowest BCUT2D eigenvalue weighted by atomic mass is 10.1. The van der Waals surface area contributed by atoms with Crippen LogP contribution in [0.2, 0.25) is 0 Å². The Kier molecular flexibility index (Phi) is 10.6. The molecule has 7 nitrogen and oxygen atoms in total. The highest BCUT2D eigenvalue weighted by Crippen LogP contribution is 2.23. The number of nitrogens with zero attached hydrogens (tertiary/aromatic N) is 2. The van der Waals surface area contributed by atoms with Gasteiger partial charge in [-0.15, -0.1) is 24.0 Å². The van der Waals surface area contributed by atoms with Crippen LogP contribution in [0.5, 0.6) is 5.75 Å². The van der Waals surface area contributed by atoms with Crippen LogP contribution in [0.4, 0.5) is 0 Å². The average Bonchev–Trinajstić information content (AvgIpc) is 3.36. The SMILES string of the molecule is CCNC(=NCc1ccc(C)cc1OCC1CCOC1)NCCc1c(C)noc1C.I. The van der Waals surface area contributed by atoms with Gasteiger partial charge in [-0.1, -0.05) is 17.3 Å². The number of guanidine groups is 1. The summed E-state index contributed by atoms with van der Waals surface area (Å²) in [5.41, 5.74) is 4.38. The molecule has 1 fully saturated rings. The van der Waals surface area contributed by atoms with Crippen LogP contribution in [0.15, 0.2) is 27.7 Å². The van der Waals surface area contributed by atoms with E-state index in [0.717, 1.165) is 73.4 Å². The zero-order valence-corrected chi connectivity index (χ0v) is 21.3. The molecule has 0 aliphatic carbocycles. The molecule has 1 aliphatic rings. The highest BCUT2D eigenvalue weighted by atomic mass is 127. The first-order valence-corrected chi connectivity index (χ1v) is 10.8. The number of aromatic nitrogens is 1. The van der Waals surface area contributed by atoms with Crippen molar-refractivity contribution in [3.63, 3.8) is 0 Å². The standard InChI is InChI=1S/C23H34N4O3.HI/c1-5-24-23(25-10-8-21-17(3)27-30-18(21)4)26-13-20-7-6-16(2)12-22(20)29-15-19-9-11-28-14-19;/h6-7,12,19H,5,8-11,13-15H2,1-4H3,(H2,24,25,26);1H. The zero-order chi connectivity index (χ0) is 21.3.